The minimum absolute atomic E-state index is 0.221. The van der Waals surface area contributed by atoms with Crippen LogP contribution in [0.15, 0.2) is 30.5 Å². The molecular weight excluding hydrogens is 361 g/mol. The molecule has 1 unspecified atom stereocenters. The maximum atomic E-state index is 14.0. The van der Waals surface area contributed by atoms with E-state index in [1.165, 1.54) is 12.1 Å². The van der Waals surface area contributed by atoms with Gasteiger partial charge in [0.05, 0.1) is 37.5 Å². The molecule has 4 aromatic rings. The van der Waals surface area contributed by atoms with E-state index < -0.39 is 0 Å². The molecule has 8 heteroatoms. The van der Waals surface area contributed by atoms with Crippen molar-refractivity contribution in [3.63, 3.8) is 0 Å². The Morgan fingerprint density at radius 1 is 1.04 bits per heavy atom. The number of ether oxygens (including phenoxy) is 2. The van der Waals surface area contributed by atoms with Gasteiger partial charge in [-0.25, -0.2) is 14.4 Å². The normalized spacial score (nSPS) is 12.3. The van der Waals surface area contributed by atoms with E-state index in [9.17, 15) is 4.39 Å². The minimum atomic E-state index is -0.324. The molecule has 2 heterocycles. The summed E-state index contributed by atoms with van der Waals surface area (Å²) in [4.78, 5) is 9.05. The Bertz CT molecular complexity index is 1170. The third-order valence-corrected chi connectivity index (χ3v) is 4.69. The van der Waals surface area contributed by atoms with E-state index >= 15 is 0 Å². The second kappa shape index (κ2) is 6.95. The Morgan fingerprint density at radius 3 is 2.54 bits per heavy atom. The van der Waals surface area contributed by atoms with Crippen LogP contribution in [0.1, 0.15) is 24.4 Å². The highest BCUT2D eigenvalue weighted by Crippen LogP contribution is 2.35. The fourth-order valence-corrected chi connectivity index (χ4v) is 3.36. The molecule has 2 N–H and O–H groups in total. The van der Waals surface area contributed by atoms with Gasteiger partial charge in [0.25, 0.3) is 0 Å². The predicted molar refractivity (Wildman–Crippen MR) is 105 cm³/mol. The quantitative estimate of drug-likeness (QED) is 0.540. The van der Waals surface area contributed by atoms with Gasteiger partial charge in [0.2, 0.25) is 0 Å². The summed E-state index contributed by atoms with van der Waals surface area (Å²) in [7, 11) is 3.16. The van der Waals surface area contributed by atoms with Crippen LogP contribution < -0.4 is 14.8 Å². The van der Waals surface area contributed by atoms with Crippen LogP contribution in [0, 0.1) is 12.7 Å². The van der Waals surface area contributed by atoms with Gasteiger partial charge in [0, 0.05) is 16.8 Å². The lowest BCUT2D eigenvalue weighted by molar-refractivity contribution is 0.356. The molecule has 2 aromatic heterocycles. The van der Waals surface area contributed by atoms with Crippen molar-refractivity contribution in [2.45, 2.75) is 19.9 Å². The molecule has 0 aliphatic heterocycles. The van der Waals surface area contributed by atoms with E-state index in [1.54, 1.807) is 20.4 Å². The van der Waals surface area contributed by atoms with Gasteiger partial charge >= 0.3 is 0 Å². The number of methoxy groups -OCH3 is 2. The standard InChI is InChI=1S/C20H20FN5O2/c1-10(13-5-12(21)6-17-15(13)9-22-26-17)23-20-14-7-18(27-3)19(28-4)8-16(14)24-11(2)25-20/h5-10H,1-4H3,(H,22,26)(H,23,24,25). The number of hydrogen-bond donors (Lipinski definition) is 2. The number of H-pyrrole nitrogens is 1. The predicted octanol–water partition coefficient (Wildman–Crippen LogP) is 4.14. The Kier molecular flexibility index (Phi) is 4.46. The summed E-state index contributed by atoms with van der Waals surface area (Å²) in [5, 5.41) is 11.9. The number of anilines is 1. The molecule has 2 aromatic carbocycles. The van der Waals surface area contributed by atoms with Crippen LogP contribution in [0.3, 0.4) is 0 Å². The van der Waals surface area contributed by atoms with Crippen molar-refractivity contribution in [3.05, 3.63) is 47.7 Å². The SMILES string of the molecule is COc1cc2nc(C)nc(NC(C)c3cc(F)cc4[nH]ncc34)c2cc1OC. The number of hydrogen-bond acceptors (Lipinski definition) is 6. The second-order valence-corrected chi connectivity index (χ2v) is 6.54. The van der Waals surface area contributed by atoms with Gasteiger partial charge in [0.15, 0.2) is 11.5 Å². The monoisotopic (exact) mass is 381 g/mol. The van der Waals surface area contributed by atoms with Gasteiger partial charge in [0.1, 0.15) is 17.5 Å². The second-order valence-electron chi connectivity index (χ2n) is 6.54. The number of aromatic nitrogens is 4. The zero-order chi connectivity index (χ0) is 19.8. The molecule has 1 atom stereocenters. The molecular formula is C20H20FN5O2. The largest absolute Gasteiger partial charge is 0.493 e. The Morgan fingerprint density at radius 2 is 1.79 bits per heavy atom. The van der Waals surface area contributed by atoms with E-state index in [1.807, 2.05) is 26.0 Å². The number of rotatable bonds is 5. The summed E-state index contributed by atoms with van der Waals surface area (Å²) >= 11 is 0. The number of benzene rings is 2. The van der Waals surface area contributed by atoms with E-state index in [0.29, 0.717) is 28.7 Å². The van der Waals surface area contributed by atoms with Crippen molar-refractivity contribution in [3.8, 4) is 11.5 Å². The van der Waals surface area contributed by atoms with Gasteiger partial charge in [-0.15, -0.1) is 0 Å². The molecule has 7 nitrogen and oxygen atoms in total. The van der Waals surface area contributed by atoms with Crippen molar-refractivity contribution in [2.75, 3.05) is 19.5 Å². The van der Waals surface area contributed by atoms with Gasteiger partial charge in [-0.1, -0.05) is 0 Å². The highest BCUT2D eigenvalue weighted by atomic mass is 19.1. The lowest BCUT2D eigenvalue weighted by atomic mass is 10.0. The molecule has 144 valence electrons. The summed E-state index contributed by atoms with van der Waals surface area (Å²) in [6.07, 6.45) is 1.69. The van der Waals surface area contributed by atoms with Gasteiger partial charge in [-0.05, 0) is 37.6 Å². The molecule has 0 saturated carbocycles. The number of nitrogens with one attached hydrogen (secondary N) is 2. The number of aromatic amines is 1. The van der Waals surface area contributed by atoms with Crippen LogP contribution >= 0.6 is 0 Å². The molecule has 0 amide bonds. The van der Waals surface area contributed by atoms with Crippen LogP contribution in [0.25, 0.3) is 21.8 Å². The van der Waals surface area contributed by atoms with Crippen LogP contribution in [0.4, 0.5) is 10.2 Å². The van der Waals surface area contributed by atoms with Crippen molar-refractivity contribution in [1.29, 1.82) is 0 Å². The van der Waals surface area contributed by atoms with Crippen LogP contribution in [0.5, 0.6) is 11.5 Å². The maximum absolute atomic E-state index is 14.0. The number of halogens is 1. The molecule has 0 saturated heterocycles. The molecule has 4 rings (SSSR count). The molecule has 0 spiro atoms. The highest BCUT2D eigenvalue weighted by Gasteiger charge is 2.17. The summed E-state index contributed by atoms with van der Waals surface area (Å²) < 4.78 is 24.8. The summed E-state index contributed by atoms with van der Waals surface area (Å²) in [6.45, 7) is 3.77. The van der Waals surface area contributed by atoms with Crippen molar-refractivity contribution < 1.29 is 13.9 Å². The zero-order valence-electron chi connectivity index (χ0n) is 16.0. The van der Waals surface area contributed by atoms with Crippen molar-refractivity contribution in [1.82, 2.24) is 20.2 Å². The van der Waals surface area contributed by atoms with Crippen molar-refractivity contribution >= 4 is 27.6 Å². The number of nitrogens with zero attached hydrogens (tertiary/aromatic N) is 3. The minimum Gasteiger partial charge on any atom is -0.493 e. The summed E-state index contributed by atoms with van der Waals surface area (Å²) in [6, 6.07) is 6.37. The van der Waals surface area contributed by atoms with E-state index in [0.717, 1.165) is 21.9 Å². The smallest absolute Gasteiger partial charge is 0.162 e. The molecule has 0 bridgehead atoms. The lowest BCUT2D eigenvalue weighted by Crippen LogP contribution is -2.10. The zero-order valence-corrected chi connectivity index (χ0v) is 16.0. The first kappa shape index (κ1) is 18.0. The van der Waals surface area contributed by atoms with Gasteiger partial charge < -0.3 is 14.8 Å². The van der Waals surface area contributed by atoms with Gasteiger partial charge in [-0.3, -0.25) is 5.10 Å². The van der Waals surface area contributed by atoms with E-state index in [4.69, 9.17) is 9.47 Å². The highest BCUT2D eigenvalue weighted by molar-refractivity contribution is 5.92. The first-order chi connectivity index (χ1) is 13.5. The fraction of sp³-hybridized carbons (Fsp3) is 0.250. The first-order valence-corrected chi connectivity index (χ1v) is 8.79. The topological polar surface area (TPSA) is 85.0 Å². The molecule has 0 fully saturated rings. The molecule has 0 radical (unpaired) electrons. The van der Waals surface area contributed by atoms with Crippen LogP contribution in [0.2, 0.25) is 0 Å². The van der Waals surface area contributed by atoms with Crippen LogP contribution in [-0.4, -0.2) is 34.4 Å². The Hall–Kier alpha value is -3.42. The summed E-state index contributed by atoms with van der Waals surface area (Å²) in [5.41, 5.74) is 2.17. The lowest BCUT2D eigenvalue weighted by Gasteiger charge is -2.18. The average Bonchev–Trinajstić information content (AvgIpc) is 3.14. The maximum Gasteiger partial charge on any atom is 0.162 e. The average molecular weight is 381 g/mol. The van der Waals surface area contributed by atoms with Crippen molar-refractivity contribution in [2.24, 2.45) is 0 Å². The molecule has 28 heavy (non-hydrogen) atoms. The number of fused-ring (bicyclic) bond motifs is 2. The number of aryl methyl sites for hydroxylation is 1. The van der Waals surface area contributed by atoms with E-state index in [2.05, 4.69) is 25.5 Å². The van der Waals surface area contributed by atoms with Gasteiger partial charge in [-0.2, -0.15) is 5.10 Å². The third kappa shape index (κ3) is 3.06. The van der Waals surface area contributed by atoms with Crippen LogP contribution in [-0.2, 0) is 0 Å². The van der Waals surface area contributed by atoms with E-state index in [-0.39, 0.29) is 11.9 Å². The first-order valence-electron chi connectivity index (χ1n) is 8.79. The third-order valence-electron chi connectivity index (χ3n) is 4.69. The fourth-order valence-electron chi connectivity index (χ4n) is 3.36. The summed E-state index contributed by atoms with van der Waals surface area (Å²) in [5.74, 6) is 2.10. The molecule has 0 aliphatic rings. The molecule has 0 aliphatic carbocycles. The Balaban J connectivity index is 1.81. The Labute approximate surface area is 160 Å².